The van der Waals surface area contributed by atoms with Crippen molar-refractivity contribution in [3.8, 4) is 0 Å². The van der Waals surface area contributed by atoms with Crippen molar-refractivity contribution >= 4 is 5.91 Å². The second-order valence-electron chi connectivity index (χ2n) is 5.27. The Hall–Kier alpha value is -0.780. The molecule has 3 unspecified atom stereocenters. The topological polar surface area (TPSA) is 55.1 Å². The number of nitrogens with two attached hydrogens (primary N) is 1. The summed E-state index contributed by atoms with van der Waals surface area (Å²) in [4.78, 5) is 11.9. The van der Waals surface area contributed by atoms with E-state index in [0.717, 1.165) is 12.8 Å². The van der Waals surface area contributed by atoms with E-state index in [2.05, 4.69) is 5.32 Å². The monoisotopic (exact) mass is 280 g/mol. The van der Waals surface area contributed by atoms with Crippen molar-refractivity contribution in [1.82, 2.24) is 5.32 Å². The van der Waals surface area contributed by atoms with Crippen LogP contribution in [0.25, 0.3) is 0 Å². The average Bonchev–Trinajstić information content (AvgIpc) is 2.35. The third-order valence-corrected chi connectivity index (χ3v) is 3.81. The minimum absolute atomic E-state index is 0.107. The fourth-order valence-corrected chi connectivity index (χ4v) is 2.70. The lowest BCUT2D eigenvalue weighted by molar-refractivity contribution is -0.189. The molecule has 1 aliphatic rings. The molecule has 1 aliphatic carbocycles. The van der Waals surface area contributed by atoms with E-state index in [-0.39, 0.29) is 24.8 Å². The van der Waals surface area contributed by atoms with Crippen LogP contribution in [0.3, 0.4) is 0 Å². The van der Waals surface area contributed by atoms with Gasteiger partial charge >= 0.3 is 6.18 Å². The van der Waals surface area contributed by atoms with Crippen molar-refractivity contribution < 1.29 is 18.0 Å². The molecule has 0 aromatic carbocycles. The van der Waals surface area contributed by atoms with Crippen LogP contribution >= 0.6 is 0 Å². The summed E-state index contributed by atoms with van der Waals surface area (Å²) in [6.45, 7) is 2.11. The third kappa shape index (κ3) is 4.67. The highest BCUT2D eigenvalue weighted by atomic mass is 19.4. The van der Waals surface area contributed by atoms with E-state index in [4.69, 9.17) is 5.73 Å². The highest BCUT2D eigenvalue weighted by Gasteiger charge is 2.46. The normalized spacial score (nSPS) is 25.9. The van der Waals surface area contributed by atoms with Crippen LogP contribution in [0.4, 0.5) is 13.2 Å². The van der Waals surface area contributed by atoms with E-state index in [9.17, 15) is 18.0 Å². The predicted molar refractivity (Wildman–Crippen MR) is 67.4 cm³/mol. The van der Waals surface area contributed by atoms with Crippen LogP contribution in [0.15, 0.2) is 0 Å². The largest absolute Gasteiger partial charge is 0.393 e. The number of amides is 1. The molecule has 3 atom stereocenters. The van der Waals surface area contributed by atoms with Crippen LogP contribution in [0.2, 0.25) is 0 Å². The zero-order valence-electron chi connectivity index (χ0n) is 11.3. The van der Waals surface area contributed by atoms with Gasteiger partial charge in [-0.25, -0.2) is 0 Å². The molecule has 0 spiro atoms. The molecule has 112 valence electrons. The number of alkyl halides is 3. The van der Waals surface area contributed by atoms with E-state index in [0.29, 0.717) is 19.3 Å². The van der Waals surface area contributed by atoms with Gasteiger partial charge in [-0.2, -0.15) is 13.2 Å². The van der Waals surface area contributed by atoms with Crippen molar-refractivity contribution in [3.63, 3.8) is 0 Å². The minimum Gasteiger partial charge on any atom is -0.352 e. The zero-order valence-corrected chi connectivity index (χ0v) is 11.3. The molecule has 3 N–H and O–H groups in total. The van der Waals surface area contributed by atoms with Crippen LogP contribution in [0.5, 0.6) is 0 Å². The van der Waals surface area contributed by atoms with Crippen LogP contribution in [-0.2, 0) is 4.79 Å². The Bertz CT molecular complexity index is 294. The van der Waals surface area contributed by atoms with E-state index in [1.165, 1.54) is 0 Å². The van der Waals surface area contributed by atoms with Gasteiger partial charge in [0.1, 0.15) is 0 Å². The Kier molecular flexibility index (Phi) is 6.10. The second kappa shape index (κ2) is 7.12. The first-order valence-electron chi connectivity index (χ1n) is 6.97. The van der Waals surface area contributed by atoms with Crippen LogP contribution in [-0.4, -0.2) is 24.7 Å². The van der Waals surface area contributed by atoms with Gasteiger partial charge < -0.3 is 11.1 Å². The fourth-order valence-electron chi connectivity index (χ4n) is 2.70. The smallest absolute Gasteiger partial charge is 0.352 e. The molecule has 1 saturated carbocycles. The summed E-state index contributed by atoms with van der Waals surface area (Å²) in [5.74, 6) is -2.11. The second-order valence-corrected chi connectivity index (χ2v) is 5.27. The molecule has 0 heterocycles. The Balaban J connectivity index is 2.64. The summed E-state index contributed by atoms with van der Waals surface area (Å²) in [5.41, 5.74) is 5.50. The molecule has 1 amide bonds. The van der Waals surface area contributed by atoms with Gasteiger partial charge in [0.25, 0.3) is 0 Å². The fraction of sp³-hybridized carbons (Fsp3) is 0.923. The summed E-state index contributed by atoms with van der Waals surface area (Å²) in [5, 5.41) is 2.57. The molecule has 0 radical (unpaired) electrons. The molecule has 1 rings (SSSR count). The standard InChI is InChI=1S/C13H23F3N2O/c1-2-5-9(8-17)12(19)18-11-7-4-3-6-10(11)13(14,15)16/h9-11H,2-8,17H2,1H3,(H,18,19). The molecule has 0 aliphatic heterocycles. The van der Waals surface area contributed by atoms with Crippen LogP contribution in [0.1, 0.15) is 45.4 Å². The number of rotatable bonds is 5. The highest BCUT2D eigenvalue weighted by molar-refractivity contribution is 5.79. The highest BCUT2D eigenvalue weighted by Crippen LogP contribution is 2.37. The molecule has 0 saturated heterocycles. The van der Waals surface area contributed by atoms with Crippen molar-refractivity contribution in [2.75, 3.05) is 6.54 Å². The van der Waals surface area contributed by atoms with Gasteiger partial charge in [0.05, 0.1) is 11.8 Å². The molecule has 1 fully saturated rings. The number of nitrogens with one attached hydrogen (secondary N) is 1. The Morgan fingerprint density at radius 1 is 1.37 bits per heavy atom. The maximum absolute atomic E-state index is 12.9. The summed E-state index contributed by atoms with van der Waals surface area (Å²) >= 11 is 0. The summed E-state index contributed by atoms with van der Waals surface area (Å²) in [6.07, 6.45) is -1.00. The van der Waals surface area contributed by atoms with E-state index in [1.807, 2.05) is 6.92 Å². The molecule has 0 aromatic rings. The van der Waals surface area contributed by atoms with Crippen molar-refractivity contribution in [1.29, 1.82) is 0 Å². The zero-order chi connectivity index (χ0) is 14.5. The first-order valence-corrected chi connectivity index (χ1v) is 6.97. The number of carbonyl (C=O) groups is 1. The van der Waals surface area contributed by atoms with Gasteiger partial charge in [0.15, 0.2) is 0 Å². The van der Waals surface area contributed by atoms with Gasteiger partial charge in [-0.1, -0.05) is 26.2 Å². The van der Waals surface area contributed by atoms with Gasteiger partial charge in [-0.05, 0) is 19.3 Å². The lowest BCUT2D eigenvalue weighted by Crippen LogP contribution is -2.50. The molecular formula is C13H23F3N2O. The van der Waals surface area contributed by atoms with Crippen LogP contribution in [0, 0.1) is 11.8 Å². The first-order chi connectivity index (χ1) is 8.90. The number of hydrogen-bond acceptors (Lipinski definition) is 2. The van der Waals surface area contributed by atoms with Crippen LogP contribution < -0.4 is 11.1 Å². The van der Waals surface area contributed by atoms with Gasteiger partial charge in [-0.3, -0.25) is 4.79 Å². The molecule has 6 heteroatoms. The lowest BCUT2D eigenvalue weighted by atomic mass is 9.83. The lowest BCUT2D eigenvalue weighted by Gasteiger charge is -2.34. The van der Waals surface area contributed by atoms with Crippen molar-refractivity contribution in [2.24, 2.45) is 17.6 Å². The quantitative estimate of drug-likeness (QED) is 0.813. The summed E-state index contributed by atoms with van der Waals surface area (Å²) in [7, 11) is 0. The minimum atomic E-state index is -4.23. The average molecular weight is 280 g/mol. The van der Waals surface area contributed by atoms with Crippen molar-refractivity contribution in [2.45, 2.75) is 57.7 Å². The van der Waals surface area contributed by atoms with Crippen molar-refractivity contribution in [3.05, 3.63) is 0 Å². The maximum Gasteiger partial charge on any atom is 0.393 e. The Morgan fingerprint density at radius 3 is 2.53 bits per heavy atom. The van der Waals surface area contributed by atoms with Gasteiger partial charge in [-0.15, -0.1) is 0 Å². The van der Waals surface area contributed by atoms with E-state index >= 15 is 0 Å². The first kappa shape index (κ1) is 16.3. The molecule has 0 bridgehead atoms. The number of halogens is 3. The van der Waals surface area contributed by atoms with E-state index < -0.39 is 18.1 Å². The molecular weight excluding hydrogens is 257 g/mol. The maximum atomic E-state index is 12.9. The molecule has 0 aromatic heterocycles. The number of hydrogen-bond donors (Lipinski definition) is 2. The van der Waals surface area contributed by atoms with Gasteiger partial charge in [0, 0.05) is 12.6 Å². The Morgan fingerprint density at radius 2 is 2.00 bits per heavy atom. The predicted octanol–water partition coefficient (Wildman–Crippen LogP) is 2.60. The number of carbonyl (C=O) groups excluding carboxylic acids is 1. The summed E-state index contributed by atoms with van der Waals surface area (Å²) < 4.78 is 38.7. The SMILES string of the molecule is CCCC(CN)C(=O)NC1CCCCC1C(F)(F)F. The Labute approximate surface area is 112 Å². The van der Waals surface area contributed by atoms with E-state index in [1.54, 1.807) is 0 Å². The van der Waals surface area contributed by atoms with Gasteiger partial charge in [0.2, 0.25) is 5.91 Å². The molecule has 3 nitrogen and oxygen atoms in total. The third-order valence-electron chi connectivity index (χ3n) is 3.81. The molecule has 19 heavy (non-hydrogen) atoms. The summed E-state index contributed by atoms with van der Waals surface area (Å²) in [6, 6.07) is -0.785.